The van der Waals surface area contributed by atoms with Crippen molar-refractivity contribution in [1.29, 1.82) is 2.86 Å². The first-order valence-corrected chi connectivity index (χ1v) is 16.6. The zero-order chi connectivity index (χ0) is 53.7. The van der Waals surface area contributed by atoms with Crippen LogP contribution in [0.3, 0.4) is 0 Å². The predicted octanol–water partition coefficient (Wildman–Crippen LogP) is 7.77. The fraction of sp³-hybridized carbons (Fsp3) is 0.474. The van der Waals surface area contributed by atoms with Gasteiger partial charge in [0.15, 0.2) is 37.2 Å². The van der Waals surface area contributed by atoms with Crippen LogP contribution in [-0.4, -0.2) is 55.0 Å². The summed E-state index contributed by atoms with van der Waals surface area (Å²) in [6, 6.07) is -7.73. The van der Waals surface area contributed by atoms with Gasteiger partial charge in [0.05, 0.1) is 27.4 Å². The highest BCUT2D eigenvalue weighted by Gasteiger charge is 2.45. The van der Waals surface area contributed by atoms with Crippen LogP contribution in [0.25, 0.3) is 11.6 Å². The number of anilines is 1. The lowest BCUT2D eigenvalue weighted by Crippen LogP contribution is -2.44. The molecule has 0 aliphatic carbocycles. The summed E-state index contributed by atoms with van der Waals surface area (Å²) in [5, 5.41) is 0.533. The first-order valence-electron chi connectivity index (χ1n) is 24.4. The number of rotatable bonds is 15. The molecule has 0 saturated heterocycles. The molecule has 4 rings (SSSR count). The molecule has 2 atom stereocenters. The fourth-order valence-corrected chi connectivity index (χ4v) is 6.24. The summed E-state index contributed by atoms with van der Waals surface area (Å²) in [5.74, 6) is -9.67. The van der Waals surface area contributed by atoms with Crippen LogP contribution in [0.4, 0.5) is 5.82 Å². The summed E-state index contributed by atoms with van der Waals surface area (Å²) in [6.07, 6.45) is -8.26. The van der Waals surface area contributed by atoms with Crippen molar-refractivity contribution in [1.82, 2.24) is 19.9 Å². The quantitative estimate of drug-likeness (QED) is 0.121. The third-order valence-corrected chi connectivity index (χ3v) is 8.31. The van der Waals surface area contributed by atoms with Gasteiger partial charge in [0.1, 0.15) is 1.37 Å². The Hall–Kier alpha value is -4.29. The van der Waals surface area contributed by atoms with Gasteiger partial charge in [-0.25, -0.2) is 23.4 Å². The van der Waals surface area contributed by atoms with Crippen LogP contribution in [-0.2, 0) is 15.4 Å². The first kappa shape index (κ1) is 19.9. The van der Waals surface area contributed by atoms with Crippen molar-refractivity contribution in [3.8, 4) is 34.8 Å². The highest BCUT2D eigenvalue weighted by molar-refractivity contribution is 7.92. The second kappa shape index (κ2) is 15.3. The van der Waals surface area contributed by atoms with Gasteiger partial charge < -0.3 is 19.3 Å². The number of ether oxygens (including phenoxy) is 3. The average Bonchev–Trinajstić information content (AvgIpc) is 3.17. The normalized spacial score (nSPS) is 21.1. The molecular weight excluding hydrogens is 655 g/mol. The van der Waals surface area contributed by atoms with Crippen molar-refractivity contribution in [2.45, 2.75) is 105 Å². The fourth-order valence-electron chi connectivity index (χ4n) is 5.34. The van der Waals surface area contributed by atoms with Gasteiger partial charge in [-0.15, -0.1) is 0 Å². The van der Waals surface area contributed by atoms with E-state index in [1.165, 1.54) is 27.7 Å². The topological polar surface area (TPSA) is 148 Å². The second-order valence-corrected chi connectivity index (χ2v) is 14.0. The molecule has 0 aliphatic rings. The van der Waals surface area contributed by atoms with Gasteiger partial charge in [-0.3, -0.25) is 4.72 Å². The van der Waals surface area contributed by atoms with Gasteiger partial charge in [-0.2, -0.15) is 4.98 Å². The minimum absolute atomic E-state index is 0.187. The lowest BCUT2D eigenvalue weighted by atomic mass is 9.55. The number of nitrogens with zero attached hydrogens (tertiary/aromatic N) is 4. The maximum atomic E-state index is 15.1. The molecule has 2 heterocycles. The molecule has 2 aromatic carbocycles. The lowest BCUT2D eigenvalue weighted by molar-refractivity contribution is 0.115. The monoisotopic (exact) mass is 725 g/mol. The van der Waals surface area contributed by atoms with Gasteiger partial charge in [-0.1, -0.05) is 59.7 Å². The van der Waals surface area contributed by atoms with Crippen molar-refractivity contribution in [2.24, 2.45) is 11.3 Å². The SMILES string of the molecule is [2H]c1nc(-c2nc(OC([2H])([2H])C([2H])(C)[O+]([2H])[2H])c(Oc3c([2H])c([2H])c([2H])c([2H])c3OC([2H])(C)C)c(N([2H])S(=O)(=O)c3c([2H])c([2H])c(C(C([2H])([2H])C)(C([2H])(C)C)C(C)(C)C)c(C)c3[2H])n2)nc(C)c1[2H]. The number of sulfonamides is 1. The number of aromatic nitrogens is 4. The van der Waals surface area contributed by atoms with Gasteiger partial charge in [-0.05, 0) is 86.7 Å². The van der Waals surface area contributed by atoms with Crippen LogP contribution >= 0.6 is 0 Å². The van der Waals surface area contributed by atoms with E-state index in [0.29, 0.717) is 12.0 Å². The number of hydrogen-bond acceptors (Lipinski definition) is 9. The Kier molecular flexibility index (Phi) is 6.10. The summed E-state index contributed by atoms with van der Waals surface area (Å²) in [7, 11) is -5.86. The summed E-state index contributed by atoms with van der Waals surface area (Å²) < 4.78 is 211. The maximum absolute atomic E-state index is 15.1. The molecule has 4 aromatic rings. The Balaban J connectivity index is 2.32. The van der Waals surface area contributed by atoms with Crippen LogP contribution in [0.1, 0.15) is 107 Å². The van der Waals surface area contributed by atoms with E-state index in [0.717, 1.165) is 20.8 Å². The molecule has 270 valence electrons. The molecule has 12 heteroatoms. The van der Waals surface area contributed by atoms with Crippen molar-refractivity contribution in [2.75, 3.05) is 11.3 Å². The van der Waals surface area contributed by atoms with Gasteiger partial charge >= 0.3 is 2.86 Å². The molecule has 0 spiro atoms. The van der Waals surface area contributed by atoms with Crippen molar-refractivity contribution < 1.29 is 51.1 Å². The summed E-state index contributed by atoms with van der Waals surface area (Å²) >= 11 is 0. The van der Waals surface area contributed by atoms with E-state index in [4.69, 9.17) is 33.5 Å². The highest BCUT2D eigenvalue weighted by Crippen LogP contribution is 2.51. The number of benzene rings is 2. The molecule has 11 nitrogen and oxygen atoms in total. The van der Waals surface area contributed by atoms with E-state index < -0.39 is 157 Å². The number of para-hydroxylation sites is 2. The van der Waals surface area contributed by atoms with Gasteiger partial charge in [0, 0.05) is 28.3 Å². The number of aryl methyl sites for hydroxylation is 1. The highest BCUT2D eigenvalue weighted by atomic mass is 32.2. The molecular formula is C38H52N5O6S+. The van der Waals surface area contributed by atoms with E-state index in [9.17, 15) is 6.89 Å². The van der Waals surface area contributed by atoms with Crippen LogP contribution in [0.5, 0.6) is 23.1 Å². The second-order valence-electron chi connectivity index (χ2n) is 12.4. The van der Waals surface area contributed by atoms with E-state index >= 15 is 8.42 Å². The molecule has 0 fully saturated rings. The minimum Gasteiger partial charge on any atom is -0.487 e. The van der Waals surface area contributed by atoms with Crippen LogP contribution in [0, 0.1) is 25.2 Å². The molecule has 3 N–H and O–H groups in total. The maximum Gasteiger partial charge on any atom is 0.487 e. The Morgan fingerprint density at radius 2 is 1.72 bits per heavy atom. The smallest absolute Gasteiger partial charge is 0.487 e. The molecule has 0 amide bonds. The summed E-state index contributed by atoms with van der Waals surface area (Å²) in [5.41, 5.74) is -4.25. The third kappa shape index (κ3) is 8.35. The molecule has 0 bridgehead atoms. The molecule has 0 radical (unpaired) electrons. The summed E-state index contributed by atoms with van der Waals surface area (Å²) in [4.78, 5) is 14.6. The lowest BCUT2D eigenvalue weighted by Gasteiger charge is -2.49. The first-order chi connectivity index (χ1) is 30.8. The molecule has 2 unspecified atom stereocenters. The number of hydrogen-bond donors (Lipinski definition) is 1. The number of nitrogens with one attached hydrogen (secondary N) is 1. The third-order valence-electron chi connectivity index (χ3n) is 7.18. The van der Waals surface area contributed by atoms with E-state index in [2.05, 4.69) is 19.9 Å². The van der Waals surface area contributed by atoms with Crippen LogP contribution in [0.2, 0.25) is 1.41 Å². The van der Waals surface area contributed by atoms with Crippen LogP contribution < -0.4 is 18.9 Å². The van der Waals surface area contributed by atoms with E-state index in [1.807, 2.05) is 0 Å². The van der Waals surface area contributed by atoms with Gasteiger partial charge in [0.25, 0.3) is 15.9 Å². The molecule has 2 aromatic heterocycles. The zero-order valence-electron chi connectivity index (χ0n) is 48.6. The van der Waals surface area contributed by atoms with E-state index in [-0.39, 0.29) is 16.8 Å². The Morgan fingerprint density at radius 1 is 1.02 bits per heavy atom. The van der Waals surface area contributed by atoms with Crippen molar-refractivity contribution in [3.63, 3.8) is 0 Å². The molecule has 50 heavy (non-hydrogen) atoms. The zero-order valence-corrected chi connectivity index (χ0v) is 30.4. The molecule has 0 aliphatic heterocycles. The largest absolute Gasteiger partial charge is 0.487 e. The predicted molar refractivity (Wildman–Crippen MR) is 197 cm³/mol. The standard InChI is InChI=1S/C38H51N5O6S/c1-12-38(23(2)3,37(9,10)11)29-18-17-28(21-25(29)6)50(45,46)43-33-32(49-31-16-14-13-15-30(31)48-24(4)5)36(47-22-27(8)44)42-35(41-33)34-39-20-19-26(7)40-34/h13-21,23-24,27,44H,12,22H2,1-11H3,(H,41,42,43)/p+1/i12D2,13D,14D,15D,16D,17D,18D,19D,20D,21D,22D2,23D,24D,27D,44D/hD2. The van der Waals surface area contributed by atoms with Crippen molar-refractivity contribution >= 4 is 15.8 Å². The Labute approximate surface area is 323 Å². The Morgan fingerprint density at radius 3 is 2.32 bits per heavy atom. The van der Waals surface area contributed by atoms with Gasteiger partial charge in [0.2, 0.25) is 11.6 Å². The molecule has 0 saturated carbocycles. The van der Waals surface area contributed by atoms with E-state index in [1.54, 1.807) is 20.8 Å². The minimum atomic E-state index is -5.86. The summed E-state index contributed by atoms with van der Waals surface area (Å²) in [6.45, 7) is 10.4. The Bertz CT molecular complexity index is 2720. The average molecular weight is 726 g/mol. The van der Waals surface area contributed by atoms with Crippen molar-refractivity contribution in [3.05, 3.63) is 71.3 Å². The van der Waals surface area contributed by atoms with Crippen LogP contribution in [0.15, 0.2) is 59.4 Å².